The topological polar surface area (TPSA) is 78.6 Å². The van der Waals surface area contributed by atoms with Crippen molar-refractivity contribution >= 4 is 17.4 Å². The Hall–Kier alpha value is -2.04. The van der Waals surface area contributed by atoms with E-state index in [0.29, 0.717) is 17.0 Å². The van der Waals surface area contributed by atoms with Crippen molar-refractivity contribution in [2.45, 2.75) is 20.3 Å². The van der Waals surface area contributed by atoms with Crippen LogP contribution >= 0.6 is 0 Å². The van der Waals surface area contributed by atoms with Crippen LogP contribution in [-0.4, -0.2) is 25.5 Å². The molecule has 5 heteroatoms. The van der Waals surface area contributed by atoms with Gasteiger partial charge in [0, 0.05) is 11.8 Å². The molecule has 0 unspecified atom stereocenters. The molecule has 2 N–H and O–H groups in total. The monoisotopic (exact) mass is 251 g/mol. The molecule has 0 aromatic heterocycles. The lowest BCUT2D eigenvalue weighted by molar-refractivity contribution is -0.141. The molecule has 0 aliphatic heterocycles. The number of hydrogen-bond acceptors (Lipinski definition) is 5. The molecule has 0 amide bonds. The highest BCUT2D eigenvalue weighted by Crippen LogP contribution is 2.26. The van der Waals surface area contributed by atoms with Gasteiger partial charge in [-0.3, -0.25) is 9.59 Å². The van der Waals surface area contributed by atoms with E-state index in [0.717, 1.165) is 5.56 Å². The Labute approximate surface area is 106 Å². The van der Waals surface area contributed by atoms with Crippen LogP contribution in [0.25, 0.3) is 0 Å². The molecule has 0 fully saturated rings. The van der Waals surface area contributed by atoms with Crippen molar-refractivity contribution in [2.75, 3.05) is 19.5 Å². The molecule has 0 saturated carbocycles. The van der Waals surface area contributed by atoms with E-state index in [1.807, 2.05) is 0 Å². The van der Waals surface area contributed by atoms with Gasteiger partial charge in [0.2, 0.25) is 0 Å². The lowest BCUT2D eigenvalue weighted by atomic mass is 10.0. The Morgan fingerprint density at radius 1 is 1.33 bits per heavy atom. The van der Waals surface area contributed by atoms with Gasteiger partial charge in [0.05, 0.1) is 19.3 Å². The number of carbonyl (C=O) groups excluding carboxylic acids is 2. The Balaban J connectivity index is 2.98. The summed E-state index contributed by atoms with van der Waals surface area (Å²) in [5.41, 5.74) is 7.38. The number of rotatable bonds is 5. The first-order valence-corrected chi connectivity index (χ1v) is 5.62. The molecular weight excluding hydrogens is 234 g/mol. The first-order valence-electron chi connectivity index (χ1n) is 5.62. The van der Waals surface area contributed by atoms with Gasteiger partial charge in [-0.15, -0.1) is 0 Å². The molecule has 0 radical (unpaired) electrons. The van der Waals surface area contributed by atoms with Crippen molar-refractivity contribution in [1.29, 1.82) is 0 Å². The molecule has 5 nitrogen and oxygen atoms in total. The van der Waals surface area contributed by atoms with Crippen LogP contribution in [0.5, 0.6) is 5.75 Å². The summed E-state index contributed by atoms with van der Waals surface area (Å²) in [4.78, 5) is 23.2. The largest absolute Gasteiger partial charge is 0.496 e. The van der Waals surface area contributed by atoms with Crippen LogP contribution in [0.15, 0.2) is 12.1 Å². The first kappa shape index (κ1) is 14.0. The SMILES string of the molecule is CCOC(=O)CC(=O)c1cc(C)c(N)cc1OC. The molecule has 0 atom stereocenters. The van der Waals surface area contributed by atoms with E-state index in [-0.39, 0.29) is 18.8 Å². The average molecular weight is 251 g/mol. The number of aryl methyl sites for hydroxylation is 1. The Bertz CT molecular complexity index is 468. The number of Topliss-reactive ketones (excluding diaryl/α,β-unsaturated/α-hetero) is 1. The Morgan fingerprint density at radius 2 is 2.00 bits per heavy atom. The highest BCUT2D eigenvalue weighted by Gasteiger charge is 2.18. The highest BCUT2D eigenvalue weighted by atomic mass is 16.5. The van der Waals surface area contributed by atoms with Gasteiger partial charge >= 0.3 is 5.97 Å². The van der Waals surface area contributed by atoms with Crippen molar-refractivity contribution in [1.82, 2.24) is 0 Å². The summed E-state index contributed by atoms with van der Waals surface area (Å²) >= 11 is 0. The van der Waals surface area contributed by atoms with Gasteiger partial charge in [0.15, 0.2) is 5.78 Å². The van der Waals surface area contributed by atoms with E-state index in [1.165, 1.54) is 7.11 Å². The smallest absolute Gasteiger partial charge is 0.313 e. The number of methoxy groups -OCH3 is 1. The van der Waals surface area contributed by atoms with Crippen LogP contribution in [0.3, 0.4) is 0 Å². The van der Waals surface area contributed by atoms with Crippen molar-refractivity contribution in [3.8, 4) is 5.75 Å². The average Bonchev–Trinajstić information content (AvgIpc) is 2.32. The van der Waals surface area contributed by atoms with E-state index < -0.39 is 5.97 Å². The van der Waals surface area contributed by atoms with Crippen LogP contribution in [0.4, 0.5) is 5.69 Å². The number of carbonyl (C=O) groups is 2. The maximum absolute atomic E-state index is 12.0. The molecule has 0 aliphatic rings. The number of ether oxygens (including phenoxy) is 2. The zero-order chi connectivity index (χ0) is 13.7. The zero-order valence-electron chi connectivity index (χ0n) is 10.8. The minimum atomic E-state index is -0.543. The summed E-state index contributed by atoms with van der Waals surface area (Å²) in [5, 5.41) is 0. The normalized spacial score (nSPS) is 9.94. The number of nitrogen functional groups attached to an aromatic ring is 1. The standard InChI is InChI=1S/C13H17NO4/c1-4-18-13(16)7-11(15)9-5-8(2)10(14)6-12(9)17-3/h5-6H,4,7,14H2,1-3H3. The van der Waals surface area contributed by atoms with Gasteiger partial charge in [0.1, 0.15) is 12.2 Å². The Kier molecular flexibility index (Phi) is 4.71. The van der Waals surface area contributed by atoms with Gasteiger partial charge in [-0.05, 0) is 25.5 Å². The molecule has 1 aromatic rings. The van der Waals surface area contributed by atoms with Gasteiger partial charge in [-0.25, -0.2) is 0 Å². The lowest BCUT2D eigenvalue weighted by Crippen LogP contribution is -2.12. The second-order valence-corrected chi connectivity index (χ2v) is 3.81. The van der Waals surface area contributed by atoms with E-state index in [9.17, 15) is 9.59 Å². The fraction of sp³-hybridized carbons (Fsp3) is 0.385. The lowest BCUT2D eigenvalue weighted by Gasteiger charge is -2.10. The summed E-state index contributed by atoms with van der Waals surface area (Å²) < 4.78 is 9.83. The molecule has 0 aliphatic carbocycles. The summed E-state index contributed by atoms with van der Waals surface area (Å²) in [5.74, 6) is -0.514. The first-order chi connectivity index (χ1) is 8.49. The van der Waals surface area contributed by atoms with Gasteiger partial charge in [0.25, 0.3) is 0 Å². The number of esters is 1. The molecule has 0 spiro atoms. The second-order valence-electron chi connectivity index (χ2n) is 3.81. The predicted octanol–water partition coefficient (Wildman–Crippen LogP) is 1.72. The number of ketones is 1. The van der Waals surface area contributed by atoms with Crippen molar-refractivity contribution in [3.05, 3.63) is 23.3 Å². The maximum Gasteiger partial charge on any atom is 0.313 e. The number of nitrogens with two attached hydrogens (primary N) is 1. The van der Waals surface area contributed by atoms with Crippen molar-refractivity contribution in [3.63, 3.8) is 0 Å². The molecule has 18 heavy (non-hydrogen) atoms. The quantitative estimate of drug-likeness (QED) is 0.373. The molecule has 98 valence electrons. The third-order valence-corrected chi connectivity index (χ3v) is 2.50. The highest BCUT2D eigenvalue weighted by molar-refractivity contribution is 6.08. The fourth-order valence-corrected chi connectivity index (χ4v) is 1.53. The minimum Gasteiger partial charge on any atom is -0.496 e. The zero-order valence-corrected chi connectivity index (χ0v) is 10.8. The number of anilines is 1. The minimum absolute atomic E-state index is 0.254. The summed E-state index contributed by atoms with van der Waals surface area (Å²) in [6.45, 7) is 3.73. The summed E-state index contributed by atoms with van der Waals surface area (Å²) in [7, 11) is 1.45. The molecule has 0 saturated heterocycles. The molecule has 0 bridgehead atoms. The summed E-state index contributed by atoms with van der Waals surface area (Å²) in [6, 6.07) is 3.20. The van der Waals surface area contributed by atoms with Crippen LogP contribution < -0.4 is 10.5 Å². The summed E-state index contributed by atoms with van der Waals surface area (Å²) in [6.07, 6.45) is -0.298. The molecular formula is C13H17NO4. The third kappa shape index (κ3) is 3.23. The molecule has 0 heterocycles. The molecule has 1 aromatic carbocycles. The molecule has 1 rings (SSSR count). The van der Waals surface area contributed by atoms with Crippen molar-refractivity contribution < 1.29 is 19.1 Å². The van der Waals surface area contributed by atoms with E-state index in [2.05, 4.69) is 0 Å². The van der Waals surface area contributed by atoms with E-state index in [1.54, 1.807) is 26.0 Å². The van der Waals surface area contributed by atoms with Crippen LogP contribution in [0, 0.1) is 6.92 Å². The third-order valence-electron chi connectivity index (χ3n) is 2.50. The van der Waals surface area contributed by atoms with Crippen LogP contribution in [0.1, 0.15) is 29.3 Å². The maximum atomic E-state index is 12.0. The van der Waals surface area contributed by atoms with Crippen molar-refractivity contribution in [2.24, 2.45) is 0 Å². The second kappa shape index (κ2) is 6.05. The fourth-order valence-electron chi connectivity index (χ4n) is 1.53. The van der Waals surface area contributed by atoms with Gasteiger partial charge in [-0.1, -0.05) is 0 Å². The number of hydrogen-bond donors (Lipinski definition) is 1. The predicted molar refractivity (Wildman–Crippen MR) is 67.7 cm³/mol. The van der Waals surface area contributed by atoms with E-state index in [4.69, 9.17) is 15.2 Å². The van der Waals surface area contributed by atoms with Gasteiger partial charge in [-0.2, -0.15) is 0 Å². The Morgan fingerprint density at radius 3 is 2.56 bits per heavy atom. The van der Waals surface area contributed by atoms with Crippen LogP contribution in [0.2, 0.25) is 0 Å². The number of benzene rings is 1. The van der Waals surface area contributed by atoms with Crippen LogP contribution in [-0.2, 0) is 9.53 Å². The van der Waals surface area contributed by atoms with E-state index >= 15 is 0 Å². The van der Waals surface area contributed by atoms with Gasteiger partial charge < -0.3 is 15.2 Å².